The molecular weight excluding hydrogens is 252 g/mol. The number of hydrogen-bond donors (Lipinski definition) is 2. The number of nitrogens with zero attached hydrogens (tertiary/aromatic N) is 2. The van der Waals surface area contributed by atoms with E-state index in [1.165, 1.54) is 5.56 Å². The number of benzene rings is 1. The third kappa shape index (κ3) is 3.56. The molecular formula is C15H20N4O. The molecule has 0 radical (unpaired) electrons. The molecule has 1 amide bonds. The van der Waals surface area contributed by atoms with Crippen LogP contribution in [0.5, 0.6) is 0 Å². The molecule has 1 heterocycles. The fourth-order valence-electron chi connectivity index (χ4n) is 2.39. The van der Waals surface area contributed by atoms with Gasteiger partial charge in [-0.05, 0) is 25.5 Å². The highest BCUT2D eigenvalue weighted by Crippen LogP contribution is 2.16. The molecule has 1 saturated heterocycles. The smallest absolute Gasteiger partial charge is 0.238 e. The van der Waals surface area contributed by atoms with Gasteiger partial charge in [-0.3, -0.25) is 9.69 Å². The number of carbonyl (C=O) groups is 1. The summed E-state index contributed by atoms with van der Waals surface area (Å²) in [5.74, 6) is -0.0703. The maximum atomic E-state index is 12.1. The first-order valence-electron chi connectivity index (χ1n) is 6.81. The lowest BCUT2D eigenvalue weighted by molar-refractivity contribution is -0.117. The van der Waals surface area contributed by atoms with E-state index >= 15 is 0 Å². The van der Waals surface area contributed by atoms with E-state index in [2.05, 4.69) is 16.7 Å². The van der Waals surface area contributed by atoms with Crippen LogP contribution in [0.1, 0.15) is 11.1 Å². The molecule has 20 heavy (non-hydrogen) atoms. The third-order valence-corrected chi connectivity index (χ3v) is 3.51. The van der Waals surface area contributed by atoms with Gasteiger partial charge in [0.25, 0.3) is 0 Å². The normalized spacial score (nSPS) is 19.4. The van der Waals surface area contributed by atoms with Crippen LogP contribution in [-0.4, -0.2) is 43.0 Å². The molecule has 1 fully saturated rings. The van der Waals surface area contributed by atoms with E-state index in [0.717, 1.165) is 24.3 Å². The minimum absolute atomic E-state index is 0.0703. The van der Waals surface area contributed by atoms with Crippen molar-refractivity contribution in [3.63, 3.8) is 0 Å². The molecule has 1 atom stereocenters. The van der Waals surface area contributed by atoms with Crippen LogP contribution in [0.15, 0.2) is 18.2 Å². The number of carbonyl (C=O) groups excluding carboxylic acids is 1. The first-order valence-corrected chi connectivity index (χ1v) is 6.81. The van der Waals surface area contributed by atoms with Crippen LogP contribution in [0, 0.1) is 25.2 Å². The highest BCUT2D eigenvalue weighted by Gasteiger charge is 2.23. The molecule has 1 aromatic carbocycles. The predicted molar refractivity (Wildman–Crippen MR) is 78.4 cm³/mol. The lowest BCUT2D eigenvalue weighted by Crippen LogP contribution is -2.52. The molecule has 0 bridgehead atoms. The molecule has 0 aromatic heterocycles. The maximum absolute atomic E-state index is 12.1. The minimum Gasteiger partial charge on any atom is -0.325 e. The summed E-state index contributed by atoms with van der Waals surface area (Å²) in [6.07, 6.45) is 0. The number of aryl methyl sites for hydroxylation is 2. The third-order valence-electron chi connectivity index (χ3n) is 3.51. The number of nitriles is 1. The summed E-state index contributed by atoms with van der Waals surface area (Å²) in [6.45, 7) is 6.41. The van der Waals surface area contributed by atoms with Gasteiger partial charge in [-0.25, -0.2) is 0 Å². The predicted octanol–water partition coefficient (Wildman–Crippen LogP) is 1.04. The zero-order valence-electron chi connectivity index (χ0n) is 11.9. The van der Waals surface area contributed by atoms with Crippen molar-refractivity contribution in [2.45, 2.75) is 19.9 Å². The first kappa shape index (κ1) is 14.5. The average Bonchev–Trinajstić information content (AvgIpc) is 2.42. The molecule has 1 aromatic rings. The van der Waals surface area contributed by atoms with E-state index in [0.29, 0.717) is 6.54 Å². The summed E-state index contributed by atoms with van der Waals surface area (Å²) in [5, 5.41) is 15.2. The molecule has 2 N–H and O–H groups in total. The van der Waals surface area contributed by atoms with Gasteiger partial charge >= 0.3 is 0 Å². The van der Waals surface area contributed by atoms with Crippen LogP contribution in [0.25, 0.3) is 0 Å². The van der Waals surface area contributed by atoms with Crippen molar-refractivity contribution in [1.29, 1.82) is 5.26 Å². The Morgan fingerprint density at radius 3 is 3.05 bits per heavy atom. The Labute approximate surface area is 119 Å². The highest BCUT2D eigenvalue weighted by atomic mass is 16.2. The van der Waals surface area contributed by atoms with Crippen LogP contribution in [0.4, 0.5) is 5.69 Å². The molecule has 1 unspecified atom stereocenters. The van der Waals surface area contributed by atoms with E-state index in [4.69, 9.17) is 5.26 Å². The second kappa shape index (κ2) is 6.51. The summed E-state index contributed by atoms with van der Waals surface area (Å²) >= 11 is 0. The molecule has 2 rings (SSSR count). The van der Waals surface area contributed by atoms with Gasteiger partial charge in [0.15, 0.2) is 0 Å². The maximum Gasteiger partial charge on any atom is 0.238 e. The second-order valence-corrected chi connectivity index (χ2v) is 5.19. The zero-order valence-corrected chi connectivity index (χ0v) is 11.9. The van der Waals surface area contributed by atoms with Gasteiger partial charge in [-0.1, -0.05) is 17.7 Å². The van der Waals surface area contributed by atoms with Gasteiger partial charge in [0, 0.05) is 25.3 Å². The lowest BCUT2D eigenvalue weighted by Gasteiger charge is -2.31. The Hall–Kier alpha value is -1.90. The summed E-state index contributed by atoms with van der Waals surface area (Å²) in [4.78, 5) is 14.0. The van der Waals surface area contributed by atoms with Crippen LogP contribution < -0.4 is 10.6 Å². The Kier molecular flexibility index (Phi) is 4.72. The molecule has 1 aliphatic heterocycles. The van der Waals surface area contributed by atoms with Gasteiger partial charge in [-0.15, -0.1) is 0 Å². The van der Waals surface area contributed by atoms with Crippen LogP contribution in [0.3, 0.4) is 0 Å². The minimum atomic E-state index is -0.228. The van der Waals surface area contributed by atoms with Gasteiger partial charge in [0.1, 0.15) is 6.04 Å². The van der Waals surface area contributed by atoms with E-state index in [1.54, 1.807) is 0 Å². The van der Waals surface area contributed by atoms with Crippen molar-refractivity contribution < 1.29 is 4.79 Å². The van der Waals surface area contributed by atoms with Crippen molar-refractivity contribution in [1.82, 2.24) is 10.2 Å². The van der Waals surface area contributed by atoms with Gasteiger partial charge in [0.2, 0.25) is 5.91 Å². The average molecular weight is 272 g/mol. The first-order chi connectivity index (χ1) is 9.60. The van der Waals surface area contributed by atoms with E-state index in [-0.39, 0.29) is 18.5 Å². The zero-order chi connectivity index (χ0) is 14.5. The number of amides is 1. The fourth-order valence-corrected chi connectivity index (χ4v) is 2.39. The summed E-state index contributed by atoms with van der Waals surface area (Å²) in [5.41, 5.74) is 3.06. The van der Waals surface area contributed by atoms with E-state index in [1.807, 2.05) is 36.9 Å². The lowest BCUT2D eigenvalue weighted by atomic mass is 10.1. The fraction of sp³-hybridized carbons (Fsp3) is 0.467. The Bertz CT molecular complexity index is 535. The Balaban J connectivity index is 1.96. The largest absolute Gasteiger partial charge is 0.325 e. The number of hydrogen-bond acceptors (Lipinski definition) is 4. The molecule has 0 aliphatic carbocycles. The highest BCUT2D eigenvalue weighted by molar-refractivity contribution is 5.93. The van der Waals surface area contributed by atoms with Crippen LogP contribution >= 0.6 is 0 Å². The molecule has 0 spiro atoms. The Morgan fingerprint density at radius 1 is 1.55 bits per heavy atom. The van der Waals surface area contributed by atoms with Crippen molar-refractivity contribution in [3.8, 4) is 6.07 Å². The SMILES string of the molecule is Cc1ccc(NC(=O)CN2CCNCC2C#N)c(C)c1. The van der Waals surface area contributed by atoms with E-state index in [9.17, 15) is 4.79 Å². The van der Waals surface area contributed by atoms with Crippen molar-refractivity contribution >= 4 is 11.6 Å². The summed E-state index contributed by atoms with van der Waals surface area (Å²) in [6, 6.07) is 7.93. The van der Waals surface area contributed by atoms with Crippen LogP contribution in [0.2, 0.25) is 0 Å². The van der Waals surface area contributed by atoms with Gasteiger partial charge in [0.05, 0.1) is 12.6 Å². The molecule has 5 nitrogen and oxygen atoms in total. The standard InChI is InChI=1S/C15H20N4O/c1-11-3-4-14(12(2)7-11)18-15(20)10-19-6-5-17-9-13(19)8-16/h3-4,7,13,17H,5-6,9-10H2,1-2H3,(H,18,20). The van der Waals surface area contributed by atoms with Crippen molar-refractivity contribution in [2.24, 2.45) is 0 Å². The molecule has 0 saturated carbocycles. The van der Waals surface area contributed by atoms with Crippen LogP contribution in [-0.2, 0) is 4.79 Å². The number of anilines is 1. The monoisotopic (exact) mass is 272 g/mol. The summed E-state index contributed by atoms with van der Waals surface area (Å²) < 4.78 is 0. The van der Waals surface area contributed by atoms with E-state index < -0.39 is 0 Å². The van der Waals surface area contributed by atoms with Crippen molar-refractivity contribution in [2.75, 3.05) is 31.5 Å². The Morgan fingerprint density at radius 2 is 2.35 bits per heavy atom. The molecule has 106 valence electrons. The van der Waals surface area contributed by atoms with Gasteiger partial charge < -0.3 is 10.6 Å². The molecule has 5 heteroatoms. The quantitative estimate of drug-likeness (QED) is 0.862. The van der Waals surface area contributed by atoms with Crippen molar-refractivity contribution in [3.05, 3.63) is 29.3 Å². The topological polar surface area (TPSA) is 68.2 Å². The number of nitrogens with one attached hydrogen (secondary N) is 2. The molecule has 1 aliphatic rings. The number of piperazine rings is 1. The second-order valence-electron chi connectivity index (χ2n) is 5.19. The number of rotatable bonds is 3. The summed E-state index contributed by atoms with van der Waals surface area (Å²) in [7, 11) is 0. The van der Waals surface area contributed by atoms with Gasteiger partial charge in [-0.2, -0.15) is 5.26 Å².